The smallest absolute Gasteiger partial charge is 0.258 e. The molecule has 0 spiro atoms. The summed E-state index contributed by atoms with van der Waals surface area (Å²) in [4.78, 5) is 27.7. The maximum atomic E-state index is 12.7. The van der Waals surface area contributed by atoms with Crippen LogP contribution in [0.15, 0.2) is 24.4 Å². The van der Waals surface area contributed by atoms with Crippen molar-refractivity contribution in [3.05, 3.63) is 30.0 Å². The highest BCUT2D eigenvalue weighted by atomic mass is 16.5. The number of methoxy groups -OCH3 is 1. The third-order valence-corrected chi connectivity index (χ3v) is 4.47. The van der Waals surface area contributed by atoms with E-state index >= 15 is 0 Å². The van der Waals surface area contributed by atoms with E-state index in [4.69, 9.17) is 9.47 Å². The van der Waals surface area contributed by atoms with Gasteiger partial charge in [0.25, 0.3) is 5.91 Å². The molecule has 1 fully saturated rings. The number of morpholine rings is 1. The summed E-state index contributed by atoms with van der Waals surface area (Å²) in [7, 11) is 1.49. The Morgan fingerprint density at radius 1 is 1.45 bits per heavy atom. The zero-order valence-electron chi connectivity index (χ0n) is 16.8. The summed E-state index contributed by atoms with van der Waals surface area (Å²) < 4.78 is 10.6. The van der Waals surface area contributed by atoms with Gasteiger partial charge in [0, 0.05) is 36.5 Å². The molecule has 1 aliphatic heterocycles. The van der Waals surface area contributed by atoms with E-state index in [0.29, 0.717) is 42.8 Å². The first-order chi connectivity index (χ1) is 14.0. The lowest BCUT2D eigenvalue weighted by Gasteiger charge is -2.34. The molecule has 3 N–H and O–H groups in total. The van der Waals surface area contributed by atoms with Gasteiger partial charge in [-0.2, -0.15) is 9.97 Å². The Labute approximate surface area is 169 Å². The van der Waals surface area contributed by atoms with Crippen molar-refractivity contribution in [3.8, 4) is 5.88 Å². The molecule has 10 heteroatoms. The number of nitrogens with one attached hydrogen (secondary N) is 2. The molecule has 156 valence electrons. The van der Waals surface area contributed by atoms with Gasteiger partial charge < -0.3 is 24.8 Å². The Kier molecular flexibility index (Phi) is 6.78. The minimum Gasteiger partial charge on any atom is -0.481 e. The minimum atomic E-state index is -0.376. The lowest BCUT2D eigenvalue weighted by atomic mass is 10.2. The van der Waals surface area contributed by atoms with Crippen molar-refractivity contribution in [1.82, 2.24) is 15.0 Å². The molecule has 0 unspecified atom stereocenters. The molecule has 10 nitrogen and oxygen atoms in total. The number of hydrogen-bond acceptors (Lipinski definition) is 9. The number of hydrogen-bond donors (Lipinski definition) is 3. The number of aliphatic hydroxyl groups excluding tert-OH is 1. The molecule has 0 aromatic carbocycles. The SMILES string of the molecule is COc1cc(C(=O)Nc2nc(N[C@@H](C)CO)cc(N3CCOC[C@@H]3C)n2)ccn1. The predicted molar refractivity (Wildman–Crippen MR) is 109 cm³/mol. The summed E-state index contributed by atoms with van der Waals surface area (Å²) in [6.07, 6.45) is 1.50. The van der Waals surface area contributed by atoms with Gasteiger partial charge in [-0.3, -0.25) is 10.1 Å². The largest absolute Gasteiger partial charge is 0.481 e. The van der Waals surface area contributed by atoms with Crippen molar-refractivity contribution in [2.45, 2.75) is 25.9 Å². The fourth-order valence-electron chi connectivity index (χ4n) is 2.91. The number of rotatable bonds is 7. The monoisotopic (exact) mass is 402 g/mol. The fraction of sp³-hybridized carbons (Fsp3) is 0.474. The van der Waals surface area contributed by atoms with Gasteiger partial charge in [-0.25, -0.2) is 4.98 Å². The van der Waals surface area contributed by atoms with Crippen LogP contribution in [0.4, 0.5) is 17.6 Å². The lowest BCUT2D eigenvalue weighted by Crippen LogP contribution is -2.44. The highest BCUT2D eigenvalue weighted by Crippen LogP contribution is 2.23. The van der Waals surface area contributed by atoms with Crippen LogP contribution in [0, 0.1) is 0 Å². The maximum absolute atomic E-state index is 12.7. The molecular formula is C19H26N6O4. The Balaban J connectivity index is 1.88. The Morgan fingerprint density at radius 2 is 2.28 bits per heavy atom. The van der Waals surface area contributed by atoms with E-state index in [1.54, 1.807) is 12.1 Å². The first kappa shape index (κ1) is 20.7. The van der Waals surface area contributed by atoms with Crippen molar-refractivity contribution in [2.24, 2.45) is 0 Å². The molecule has 29 heavy (non-hydrogen) atoms. The third-order valence-electron chi connectivity index (χ3n) is 4.47. The van der Waals surface area contributed by atoms with Crippen LogP contribution in [0.3, 0.4) is 0 Å². The third kappa shape index (κ3) is 5.30. The highest BCUT2D eigenvalue weighted by molar-refractivity contribution is 6.03. The zero-order valence-corrected chi connectivity index (χ0v) is 16.8. The van der Waals surface area contributed by atoms with Gasteiger partial charge in [-0.1, -0.05) is 0 Å². The molecule has 3 rings (SSSR count). The number of carbonyl (C=O) groups is 1. The molecule has 0 radical (unpaired) electrons. The summed E-state index contributed by atoms with van der Waals surface area (Å²) in [5.74, 6) is 1.31. The molecule has 2 atom stereocenters. The topological polar surface area (TPSA) is 122 Å². The first-order valence-corrected chi connectivity index (χ1v) is 9.42. The lowest BCUT2D eigenvalue weighted by molar-refractivity contribution is 0.0984. The predicted octanol–water partition coefficient (Wildman–Crippen LogP) is 1.15. The van der Waals surface area contributed by atoms with Gasteiger partial charge in [-0.15, -0.1) is 0 Å². The average Bonchev–Trinajstić information content (AvgIpc) is 2.73. The van der Waals surface area contributed by atoms with E-state index in [1.165, 1.54) is 19.4 Å². The summed E-state index contributed by atoms with van der Waals surface area (Å²) in [6, 6.07) is 4.86. The van der Waals surface area contributed by atoms with Crippen molar-refractivity contribution in [2.75, 3.05) is 49.0 Å². The van der Waals surface area contributed by atoms with Gasteiger partial charge in [0.15, 0.2) is 0 Å². The second-order valence-electron chi connectivity index (χ2n) is 6.82. The van der Waals surface area contributed by atoms with Crippen LogP contribution in [0.1, 0.15) is 24.2 Å². The first-order valence-electron chi connectivity index (χ1n) is 9.42. The van der Waals surface area contributed by atoms with Crippen molar-refractivity contribution in [1.29, 1.82) is 0 Å². The van der Waals surface area contributed by atoms with E-state index < -0.39 is 0 Å². The van der Waals surface area contributed by atoms with Crippen molar-refractivity contribution < 1.29 is 19.4 Å². The molecular weight excluding hydrogens is 376 g/mol. The molecule has 0 aliphatic carbocycles. The van der Waals surface area contributed by atoms with E-state index in [1.807, 2.05) is 13.8 Å². The quantitative estimate of drug-likeness (QED) is 0.626. The van der Waals surface area contributed by atoms with Crippen LogP contribution in [-0.4, -0.2) is 71.5 Å². The second-order valence-corrected chi connectivity index (χ2v) is 6.82. The van der Waals surface area contributed by atoms with Crippen LogP contribution in [-0.2, 0) is 4.74 Å². The van der Waals surface area contributed by atoms with E-state index in [-0.39, 0.29) is 30.5 Å². The van der Waals surface area contributed by atoms with Crippen molar-refractivity contribution in [3.63, 3.8) is 0 Å². The Morgan fingerprint density at radius 3 is 3.00 bits per heavy atom. The van der Waals surface area contributed by atoms with Gasteiger partial charge in [0.05, 0.1) is 33.0 Å². The van der Waals surface area contributed by atoms with E-state index in [9.17, 15) is 9.90 Å². The number of anilines is 3. The fourth-order valence-corrected chi connectivity index (χ4v) is 2.91. The maximum Gasteiger partial charge on any atom is 0.258 e. The Hall–Kier alpha value is -2.98. The summed E-state index contributed by atoms with van der Waals surface area (Å²) in [5, 5.41) is 15.2. The standard InChI is InChI=1S/C19H26N6O4/c1-12(10-26)21-15-9-16(25-6-7-29-11-13(25)2)23-19(22-15)24-18(27)14-4-5-20-17(8-14)28-3/h4-5,8-9,12-13,26H,6-7,10-11H2,1-3H3,(H2,21,22,23,24,27)/t12-,13-/m0/s1. The summed E-state index contributed by atoms with van der Waals surface area (Å²) in [5.41, 5.74) is 0.379. The normalized spacial score (nSPS) is 17.5. The average molecular weight is 402 g/mol. The van der Waals surface area contributed by atoms with Crippen LogP contribution >= 0.6 is 0 Å². The summed E-state index contributed by atoms with van der Waals surface area (Å²) in [6.45, 7) is 5.71. The van der Waals surface area contributed by atoms with Gasteiger partial charge in [0.2, 0.25) is 11.8 Å². The van der Waals surface area contributed by atoms with Gasteiger partial charge >= 0.3 is 0 Å². The number of nitrogens with zero attached hydrogens (tertiary/aromatic N) is 4. The number of aromatic nitrogens is 3. The van der Waals surface area contributed by atoms with Crippen LogP contribution in [0.5, 0.6) is 5.88 Å². The zero-order chi connectivity index (χ0) is 20.8. The molecule has 2 aromatic rings. The molecule has 1 amide bonds. The molecule has 0 bridgehead atoms. The molecule has 3 heterocycles. The number of pyridine rings is 1. The van der Waals surface area contributed by atoms with Crippen LogP contribution < -0.4 is 20.3 Å². The van der Waals surface area contributed by atoms with Crippen molar-refractivity contribution >= 4 is 23.5 Å². The van der Waals surface area contributed by atoms with E-state index in [0.717, 1.165) is 0 Å². The van der Waals surface area contributed by atoms with Crippen LogP contribution in [0.25, 0.3) is 0 Å². The highest BCUT2D eigenvalue weighted by Gasteiger charge is 2.22. The molecule has 1 aliphatic rings. The van der Waals surface area contributed by atoms with E-state index in [2.05, 4.69) is 30.5 Å². The van der Waals surface area contributed by atoms with Gasteiger partial charge in [-0.05, 0) is 19.9 Å². The number of carbonyl (C=O) groups excluding carboxylic acids is 1. The van der Waals surface area contributed by atoms with Crippen LogP contribution in [0.2, 0.25) is 0 Å². The molecule has 2 aromatic heterocycles. The second kappa shape index (κ2) is 9.48. The Bertz CT molecular complexity index is 849. The molecule has 0 saturated carbocycles. The number of amides is 1. The van der Waals surface area contributed by atoms with Gasteiger partial charge in [0.1, 0.15) is 11.6 Å². The summed E-state index contributed by atoms with van der Waals surface area (Å²) >= 11 is 0. The number of aliphatic hydroxyl groups is 1. The number of ether oxygens (including phenoxy) is 2. The minimum absolute atomic E-state index is 0.0498. The molecule has 1 saturated heterocycles.